The normalized spacial score (nSPS) is 10.8. The second-order valence-electron chi connectivity index (χ2n) is 3.75. The molecule has 1 rings (SSSR count). The van der Waals surface area contributed by atoms with E-state index in [9.17, 15) is 0 Å². The molecular formula is C10H13N3O2. The van der Waals surface area contributed by atoms with Crippen LogP contribution in [0.25, 0.3) is 0 Å². The van der Waals surface area contributed by atoms with Crippen molar-refractivity contribution in [3.63, 3.8) is 0 Å². The van der Waals surface area contributed by atoms with Crippen LogP contribution >= 0.6 is 0 Å². The number of aromatic nitrogens is 1. The zero-order valence-electron chi connectivity index (χ0n) is 8.69. The third kappa shape index (κ3) is 2.82. The molecule has 0 radical (unpaired) electrons. The Labute approximate surface area is 88.1 Å². The first-order chi connectivity index (χ1) is 6.98. The van der Waals surface area contributed by atoms with Gasteiger partial charge in [0.25, 0.3) is 0 Å². The fraction of sp³-hybridized carbons (Fsp3) is 0.400. The van der Waals surface area contributed by atoms with Gasteiger partial charge in [-0.2, -0.15) is 5.26 Å². The van der Waals surface area contributed by atoms with Gasteiger partial charge in [-0.05, 0) is 19.9 Å². The van der Waals surface area contributed by atoms with Crippen molar-refractivity contribution in [1.82, 2.24) is 4.98 Å². The van der Waals surface area contributed by atoms with Gasteiger partial charge in [0.2, 0.25) is 5.88 Å². The van der Waals surface area contributed by atoms with Crippen LogP contribution in [-0.2, 0) is 0 Å². The Kier molecular flexibility index (Phi) is 3.12. The lowest BCUT2D eigenvalue weighted by molar-refractivity contribution is 0.0380. The molecule has 1 aromatic heterocycles. The highest BCUT2D eigenvalue weighted by Crippen LogP contribution is 2.23. The molecule has 0 unspecified atom stereocenters. The number of aliphatic hydroxyl groups is 1. The molecule has 0 aliphatic rings. The number of aliphatic hydroxyl groups excluding tert-OH is 1. The van der Waals surface area contributed by atoms with E-state index in [1.54, 1.807) is 13.8 Å². The van der Waals surface area contributed by atoms with Gasteiger partial charge in [-0.1, -0.05) is 0 Å². The number of nitrogens with zero attached hydrogens (tertiary/aromatic N) is 2. The van der Waals surface area contributed by atoms with Gasteiger partial charge in [0.05, 0.1) is 17.9 Å². The van der Waals surface area contributed by atoms with Crippen molar-refractivity contribution in [1.29, 1.82) is 5.26 Å². The SMILES string of the molecule is CC(C)(CO)Oc1ncc(C#N)cc1N. The molecule has 0 atom stereocenters. The number of pyridine rings is 1. The number of nitrogens with two attached hydrogens (primary N) is 1. The van der Waals surface area contributed by atoms with Crippen molar-refractivity contribution in [3.8, 4) is 11.9 Å². The second-order valence-corrected chi connectivity index (χ2v) is 3.75. The molecule has 0 aliphatic heterocycles. The van der Waals surface area contributed by atoms with Crippen LogP contribution in [-0.4, -0.2) is 22.3 Å². The number of ether oxygens (including phenoxy) is 1. The summed E-state index contributed by atoms with van der Waals surface area (Å²) in [6.45, 7) is 3.28. The maximum Gasteiger partial charge on any atom is 0.237 e. The van der Waals surface area contributed by atoms with Crippen LogP contribution in [0.15, 0.2) is 12.3 Å². The van der Waals surface area contributed by atoms with Gasteiger partial charge < -0.3 is 15.6 Å². The summed E-state index contributed by atoms with van der Waals surface area (Å²) in [5, 5.41) is 17.6. The number of anilines is 1. The van der Waals surface area contributed by atoms with Crippen molar-refractivity contribution in [2.45, 2.75) is 19.4 Å². The quantitative estimate of drug-likeness (QED) is 0.760. The summed E-state index contributed by atoms with van der Waals surface area (Å²) in [5.41, 5.74) is 5.56. The topological polar surface area (TPSA) is 92.2 Å². The fourth-order valence-electron chi connectivity index (χ4n) is 0.910. The monoisotopic (exact) mass is 207 g/mol. The van der Waals surface area contributed by atoms with Gasteiger partial charge in [0, 0.05) is 6.20 Å². The van der Waals surface area contributed by atoms with E-state index in [0.29, 0.717) is 5.56 Å². The molecule has 80 valence electrons. The van der Waals surface area contributed by atoms with Gasteiger partial charge >= 0.3 is 0 Å². The van der Waals surface area contributed by atoms with Crippen molar-refractivity contribution in [3.05, 3.63) is 17.8 Å². The molecule has 0 saturated heterocycles. The predicted molar refractivity (Wildman–Crippen MR) is 55.2 cm³/mol. The molecule has 15 heavy (non-hydrogen) atoms. The second kappa shape index (κ2) is 4.15. The minimum Gasteiger partial charge on any atom is -0.468 e. The molecule has 0 spiro atoms. The maximum absolute atomic E-state index is 9.00. The van der Waals surface area contributed by atoms with E-state index in [2.05, 4.69) is 4.98 Å². The highest BCUT2D eigenvalue weighted by Gasteiger charge is 2.20. The standard InChI is InChI=1S/C10H13N3O2/c1-10(2,6-14)15-9-8(12)3-7(4-11)5-13-9/h3,5,14H,6,12H2,1-2H3. The third-order valence-corrected chi connectivity index (χ3v) is 1.76. The summed E-state index contributed by atoms with van der Waals surface area (Å²) in [4.78, 5) is 3.90. The van der Waals surface area contributed by atoms with Crippen LogP contribution in [0.2, 0.25) is 0 Å². The Bertz CT molecular complexity index is 396. The number of nitrogen functional groups attached to an aromatic ring is 1. The lowest BCUT2D eigenvalue weighted by Crippen LogP contribution is -2.33. The number of hydrogen-bond acceptors (Lipinski definition) is 5. The smallest absolute Gasteiger partial charge is 0.237 e. The summed E-state index contributed by atoms with van der Waals surface area (Å²) in [6.07, 6.45) is 1.37. The van der Waals surface area contributed by atoms with Crippen LogP contribution in [0.5, 0.6) is 5.88 Å². The van der Waals surface area contributed by atoms with Gasteiger partial charge in [0.15, 0.2) is 0 Å². The van der Waals surface area contributed by atoms with Gasteiger partial charge in [-0.15, -0.1) is 0 Å². The maximum atomic E-state index is 9.00. The summed E-state index contributed by atoms with van der Waals surface area (Å²) in [6, 6.07) is 3.41. The third-order valence-electron chi connectivity index (χ3n) is 1.76. The highest BCUT2D eigenvalue weighted by molar-refractivity contribution is 5.52. The van der Waals surface area contributed by atoms with Gasteiger partial charge in [-0.3, -0.25) is 0 Å². The molecular weight excluding hydrogens is 194 g/mol. The predicted octanol–water partition coefficient (Wildman–Crippen LogP) is 0.685. The van der Waals surface area contributed by atoms with Gasteiger partial charge in [-0.25, -0.2) is 4.98 Å². The van der Waals surface area contributed by atoms with E-state index in [-0.39, 0.29) is 18.2 Å². The molecule has 0 aromatic carbocycles. The minimum atomic E-state index is -0.741. The molecule has 0 saturated carbocycles. The van der Waals surface area contributed by atoms with Gasteiger partial charge in [0.1, 0.15) is 11.7 Å². The number of nitriles is 1. The van der Waals surface area contributed by atoms with E-state index in [1.165, 1.54) is 12.3 Å². The first-order valence-electron chi connectivity index (χ1n) is 4.44. The fourth-order valence-corrected chi connectivity index (χ4v) is 0.910. The summed E-state index contributed by atoms with van der Waals surface area (Å²) < 4.78 is 5.39. The molecule has 1 aromatic rings. The first-order valence-corrected chi connectivity index (χ1v) is 4.44. The van der Waals surface area contributed by atoms with Crippen LogP contribution in [0, 0.1) is 11.3 Å². The lowest BCUT2D eigenvalue weighted by atomic mass is 10.1. The summed E-state index contributed by atoms with van der Waals surface area (Å²) in [5.74, 6) is 0.230. The zero-order valence-corrected chi connectivity index (χ0v) is 8.69. The minimum absolute atomic E-state index is 0.145. The van der Waals surface area contributed by atoms with Crippen molar-refractivity contribution in [2.24, 2.45) is 0 Å². The Hall–Kier alpha value is -1.80. The molecule has 0 bridgehead atoms. The Morgan fingerprint density at radius 2 is 2.33 bits per heavy atom. The molecule has 3 N–H and O–H groups in total. The summed E-state index contributed by atoms with van der Waals surface area (Å²) in [7, 11) is 0. The number of rotatable bonds is 3. The lowest BCUT2D eigenvalue weighted by Gasteiger charge is -2.23. The Morgan fingerprint density at radius 1 is 1.67 bits per heavy atom. The van der Waals surface area contributed by atoms with Crippen LogP contribution in [0.1, 0.15) is 19.4 Å². The summed E-state index contributed by atoms with van der Waals surface area (Å²) >= 11 is 0. The first kappa shape index (κ1) is 11.3. The average Bonchev–Trinajstić information content (AvgIpc) is 2.21. The van der Waals surface area contributed by atoms with Crippen molar-refractivity contribution in [2.75, 3.05) is 12.3 Å². The molecule has 0 amide bonds. The zero-order chi connectivity index (χ0) is 11.5. The van der Waals surface area contributed by atoms with Crippen LogP contribution in [0.4, 0.5) is 5.69 Å². The average molecular weight is 207 g/mol. The molecule has 1 heterocycles. The molecule has 0 aliphatic carbocycles. The van der Waals surface area contributed by atoms with E-state index < -0.39 is 5.60 Å². The van der Waals surface area contributed by atoms with E-state index in [1.807, 2.05) is 6.07 Å². The van der Waals surface area contributed by atoms with Crippen LogP contribution < -0.4 is 10.5 Å². The van der Waals surface area contributed by atoms with Crippen molar-refractivity contribution < 1.29 is 9.84 Å². The van der Waals surface area contributed by atoms with Crippen molar-refractivity contribution >= 4 is 5.69 Å². The number of hydrogen-bond donors (Lipinski definition) is 2. The van der Waals surface area contributed by atoms with E-state index >= 15 is 0 Å². The highest BCUT2D eigenvalue weighted by atomic mass is 16.5. The molecule has 5 nitrogen and oxygen atoms in total. The Balaban J connectivity index is 2.93. The van der Waals surface area contributed by atoms with Crippen LogP contribution in [0.3, 0.4) is 0 Å². The molecule has 0 fully saturated rings. The molecule has 5 heteroatoms. The largest absolute Gasteiger partial charge is 0.468 e. The van der Waals surface area contributed by atoms with E-state index in [4.69, 9.17) is 20.8 Å². The van der Waals surface area contributed by atoms with E-state index in [0.717, 1.165) is 0 Å². The Morgan fingerprint density at radius 3 is 2.80 bits per heavy atom.